The second-order valence-electron chi connectivity index (χ2n) is 3.67. The first-order chi connectivity index (χ1) is 7.65. The molecule has 0 unspecified atom stereocenters. The molecular formula is C11H8N2O3. The van der Waals surface area contributed by atoms with Crippen LogP contribution >= 0.6 is 0 Å². The van der Waals surface area contributed by atoms with E-state index in [1.54, 1.807) is 18.3 Å². The zero-order chi connectivity index (χ0) is 11.3. The zero-order valence-corrected chi connectivity index (χ0v) is 8.46. The Labute approximate surface area is 89.1 Å². The number of ketones is 1. The van der Waals surface area contributed by atoms with Gasteiger partial charge in [-0.25, -0.2) is 4.79 Å². The summed E-state index contributed by atoms with van der Waals surface area (Å²) in [6.45, 7) is 1.50. The highest BCUT2D eigenvalue weighted by Crippen LogP contribution is 2.23. The Kier molecular flexibility index (Phi) is 1.60. The van der Waals surface area contributed by atoms with Crippen LogP contribution in [0, 0.1) is 0 Å². The summed E-state index contributed by atoms with van der Waals surface area (Å²) in [5.41, 5.74) is 2.47. The van der Waals surface area contributed by atoms with E-state index in [2.05, 4.69) is 9.97 Å². The highest BCUT2D eigenvalue weighted by atomic mass is 16.4. The molecule has 0 saturated heterocycles. The SMILES string of the molecule is CC(=O)c1c[nH]c2cc3oc(=O)[nH]c3cc12. The lowest BCUT2D eigenvalue weighted by Crippen LogP contribution is -1.93. The van der Waals surface area contributed by atoms with Gasteiger partial charge in [0.1, 0.15) is 0 Å². The van der Waals surface area contributed by atoms with Crippen molar-refractivity contribution in [1.82, 2.24) is 9.97 Å². The lowest BCUT2D eigenvalue weighted by molar-refractivity contribution is 0.101. The molecule has 0 radical (unpaired) electrons. The Balaban J connectivity index is 2.48. The molecule has 0 aliphatic heterocycles. The first kappa shape index (κ1) is 8.96. The number of hydrogen-bond acceptors (Lipinski definition) is 3. The molecule has 0 saturated carbocycles. The average Bonchev–Trinajstić information content (AvgIpc) is 2.74. The Morgan fingerprint density at radius 2 is 2.12 bits per heavy atom. The number of benzene rings is 1. The molecule has 2 heterocycles. The molecule has 3 rings (SSSR count). The molecule has 0 fully saturated rings. The number of fused-ring (bicyclic) bond motifs is 2. The predicted molar refractivity (Wildman–Crippen MR) is 58.7 cm³/mol. The van der Waals surface area contributed by atoms with E-state index >= 15 is 0 Å². The first-order valence-corrected chi connectivity index (χ1v) is 4.80. The number of hydrogen-bond donors (Lipinski definition) is 2. The molecule has 1 aromatic carbocycles. The third kappa shape index (κ3) is 1.11. The molecule has 3 aromatic rings. The fourth-order valence-electron chi connectivity index (χ4n) is 1.86. The van der Waals surface area contributed by atoms with Crippen LogP contribution in [0.4, 0.5) is 0 Å². The second kappa shape index (κ2) is 2.85. The topological polar surface area (TPSA) is 78.9 Å². The van der Waals surface area contributed by atoms with Gasteiger partial charge in [0.05, 0.1) is 11.0 Å². The summed E-state index contributed by atoms with van der Waals surface area (Å²) in [5.74, 6) is -0.511. The fourth-order valence-corrected chi connectivity index (χ4v) is 1.86. The Morgan fingerprint density at radius 1 is 1.31 bits per heavy atom. The summed E-state index contributed by atoms with van der Waals surface area (Å²) < 4.78 is 4.93. The quantitative estimate of drug-likeness (QED) is 0.609. The van der Waals surface area contributed by atoms with Crippen LogP contribution in [0.5, 0.6) is 0 Å². The standard InChI is InChI=1S/C11H8N2O3/c1-5(14)7-4-12-8-3-10-9(2-6(7)8)13-11(15)16-10/h2-4,12H,1H3,(H,13,15). The van der Waals surface area contributed by atoms with E-state index in [1.807, 2.05) is 0 Å². The summed E-state index contributed by atoms with van der Waals surface area (Å²) in [7, 11) is 0. The van der Waals surface area contributed by atoms with Gasteiger partial charge in [-0.2, -0.15) is 0 Å². The molecule has 0 amide bonds. The molecule has 0 spiro atoms. The molecule has 16 heavy (non-hydrogen) atoms. The van der Waals surface area contributed by atoms with Crippen molar-refractivity contribution in [3.05, 3.63) is 34.4 Å². The van der Waals surface area contributed by atoms with Gasteiger partial charge in [0, 0.05) is 23.2 Å². The van der Waals surface area contributed by atoms with E-state index in [9.17, 15) is 9.59 Å². The number of aromatic amines is 2. The Hall–Kier alpha value is -2.30. The van der Waals surface area contributed by atoms with E-state index < -0.39 is 5.76 Å². The number of rotatable bonds is 1. The molecule has 0 bridgehead atoms. The minimum absolute atomic E-state index is 0.0172. The molecular weight excluding hydrogens is 208 g/mol. The van der Waals surface area contributed by atoms with Gasteiger partial charge in [-0.3, -0.25) is 9.78 Å². The van der Waals surface area contributed by atoms with Gasteiger partial charge in [0.2, 0.25) is 0 Å². The van der Waals surface area contributed by atoms with E-state index in [0.717, 1.165) is 10.9 Å². The van der Waals surface area contributed by atoms with Gasteiger partial charge in [-0.1, -0.05) is 0 Å². The van der Waals surface area contributed by atoms with Crippen molar-refractivity contribution in [3.63, 3.8) is 0 Å². The monoisotopic (exact) mass is 216 g/mol. The van der Waals surface area contributed by atoms with Gasteiger partial charge >= 0.3 is 5.76 Å². The summed E-state index contributed by atoms with van der Waals surface area (Å²) in [6, 6.07) is 3.44. The van der Waals surface area contributed by atoms with Crippen molar-refractivity contribution < 1.29 is 9.21 Å². The minimum Gasteiger partial charge on any atom is -0.408 e. The number of nitrogens with one attached hydrogen (secondary N) is 2. The largest absolute Gasteiger partial charge is 0.417 e. The van der Waals surface area contributed by atoms with Crippen LogP contribution in [0.3, 0.4) is 0 Å². The number of oxazole rings is 1. The molecule has 2 N–H and O–H groups in total. The van der Waals surface area contributed by atoms with Crippen LogP contribution in [0.1, 0.15) is 17.3 Å². The van der Waals surface area contributed by atoms with Crippen LogP contribution in [0.25, 0.3) is 22.0 Å². The number of Topliss-reactive ketones (excluding diaryl/α,β-unsaturated/α-hetero) is 1. The third-order valence-electron chi connectivity index (χ3n) is 2.60. The maximum atomic E-state index is 11.3. The lowest BCUT2D eigenvalue weighted by Gasteiger charge is -1.92. The van der Waals surface area contributed by atoms with Gasteiger partial charge < -0.3 is 9.40 Å². The van der Waals surface area contributed by atoms with Crippen LogP contribution in [0.2, 0.25) is 0 Å². The van der Waals surface area contributed by atoms with Crippen molar-refractivity contribution in [3.8, 4) is 0 Å². The Bertz CT molecular complexity index is 760. The summed E-state index contributed by atoms with van der Waals surface area (Å²) >= 11 is 0. The predicted octanol–water partition coefficient (Wildman–Crippen LogP) is 1.80. The average molecular weight is 216 g/mol. The van der Waals surface area contributed by atoms with Crippen molar-refractivity contribution in [2.45, 2.75) is 6.92 Å². The molecule has 0 aliphatic carbocycles. The molecule has 80 valence electrons. The van der Waals surface area contributed by atoms with Gasteiger partial charge in [0.15, 0.2) is 11.4 Å². The summed E-state index contributed by atoms with van der Waals surface area (Å²) in [4.78, 5) is 27.9. The highest BCUT2D eigenvalue weighted by Gasteiger charge is 2.10. The van der Waals surface area contributed by atoms with Crippen molar-refractivity contribution in [1.29, 1.82) is 0 Å². The fraction of sp³-hybridized carbons (Fsp3) is 0.0909. The van der Waals surface area contributed by atoms with E-state index in [4.69, 9.17) is 4.42 Å². The highest BCUT2D eigenvalue weighted by molar-refractivity contribution is 6.09. The van der Waals surface area contributed by atoms with Crippen molar-refractivity contribution >= 4 is 27.8 Å². The maximum absolute atomic E-state index is 11.3. The molecule has 5 nitrogen and oxygen atoms in total. The molecule has 0 aliphatic rings. The lowest BCUT2D eigenvalue weighted by atomic mass is 10.1. The molecule has 5 heteroatoms. The number of carbonyl (C=O) groups excluding carboxylic acids is 1. The van der Waals surface area contributed by atoms with Gasteiger partial charge in [-0.15, -0.1) is 0 Å². The first-order valence-electron chi connectivity index (χ1n) is 4.80. The third-order valence-corrected chi connectivity index (χ3v) is 2.60. The second-order valence-corrected chi connectivity index (χ2v) is 3.67. The summed E-state index contributed by atoms with van der Waals surface area (Å²) in [5, 5.41) is 0.789. The van der Waals surface area contributed by atoms with Crippen LogP contribution in [-0.4, -0.2) is 15.8 Å². The molecule has 0 atom stereocenters. The number of carbonyl (C=O) groups is 1. The van der Waals surface area contributed by atoms with Crippen LogP contribution in [-0.2, 0) is 0 Å². The maximum Gasteiger partial charge on any atom is 0.417 e. The van der Waals surface area contributed by atoms with E-state index in [0.29, 0.717) is 16.7 Å². The normalized spacial score (nSPS) is 11.3. The number of H-pyrrole nitrogens is 2. The van der Waals surface area contributed by atoms with E-state index in [-0.39, 0.29) is 5.78 Å². The number of aromatic nitrogens is 2. The van der Waals surface area contributed by atoms with Crippen LogP contribution in [0.15, 0.2) is 27.5 Å². The smallest absolute Gasteiger partial charge is 0.408 e. The minimum atomic E-state index is -0.493. The van der Waals surface area contributed by atoms with Crippen molar-refractivity contribution in [2.75, 3.05) is 0 Å². The van der Waals surface area contributed by atoms with Crippen LogP contribution < -0.4 is 5.76 Å². The summed E-state index contributed by atoms with van der Waals surface area (Å²) in [6.07, 6.45) is 1.66. The van der Waals surface area contributed by atoms with Gasteiger partial charge in [0.25, 0.3) is 0 Å². The Morgan fingerprint density at radius 3 is 2.88 bits per heavy atom. The van der Waals surface area contributed by atoms with Crippen molar-refractivity contribution in [2.24, 2.45) is 0 Å². The zero-order valence-electron chi connectivity index (χ0n) is 8.46. The van der Waals surface area contributed by atoms with E-state index in [1.165, 1.54) is 6.92 Å². The molecule has 2 aromatic heterocycles. The van der Waals surface area contributed by atoms with Gasteiger partial charge in [-0.05, 0) is 13.0 Å².